The molecule has 1 aromatic rings. The van der Waals surface area contributed by atoms with Gasteiger partial charge in [-0.15, -0.1) is 0 Å². The van der Waals surface area contributed by atoms with Gasteiger partial charge < -0.3 is 9.31 Å². The lowest BCUT2D eigenvalue weighted by atomic mass is 9.84. The molecule has 0 saturated carbocycles. The lowest BCUT2D eigenvalue weighted by Gasteiger charge is -2.32. The van der Waals surface area contributed by atoms with Crippen LogP contribution in [0, 0.1) is 10.1 Å². The predicted octanol–water partition coefficient (Wildman–Crippen LogP) is 1.10. The van der Waals surface area contributed by atoms with Gasteiger partial charge in [-0.25, -0.2) is 0 Å². The Kier molecular flexibility index (Phi) is 3.39. The fourth-order valence-corrected chi connectivity index (χ4v) is 1.81. The van der Waals surface area contributed by atoms with Crippen molar-refractivity contribution in [3.63, 3.8) is 0 Å². The maximum absolute atomic E-state index is 10.9. The first kappa shape index (κ1) is 14.6. The van der Waals surface area contributed by atoms with E-state index < -0.39 is 23.2 Å². The third-order valence-electron chi connectivity index (χ3n) is 3.68. The molecule has 0 unspecified atom stereocenters. The van der Waals surface area contributed by atoms with Crippen molar-refractivity contribution in [2.45, 2.75) is 38.9 Å². The van der Waals surface area contributed by atoms with Gasteiger partial charge in [-0.2, -0.15) is 0 Å². The SMILES string of the molecule is CC1(C)OB(c2cc([N+](=O)[O-])cc(C=O)n2)OC1(C)C. The zero-order valence-electron chi connectivity index (χ0n) is 11.7. The summed E-state index contributed by atoms with van der Waals surface area (Å²) in [4.78, 5) is 25.2. The van der Waals surface area contributed by atoms with Crippen molar-refractivity contribution in [3.05, 3.63) is 27.9 Å². The van der Waals surface area contributed by atoms with E-state index in [0.717, 1.165) is 6.07 Å². The molecule has 0 aromatic carbocycles. The Labute approximate surface area is 116 Å². The van der Waals surface area contributed by atoms with E-state index in [0.29, 0.717) is 6.29 Å². The molecule has 0 radical (unpaired) electrons. The zero-order chi connectivity index (χ0) is 15.1. The molecule has 1 saturated heterocycles. The molecule has 1 aliphatic rings. The molecule has 0 amide bonds. The Morgan fingerprint density at radius 1 is 1.25 bits per heavy atom. The second kappa shape index (κ2) is 4.64. The molecule has 0 spiro atoms. The Hall–Kier alpha value is -1.80. The first-order valence-electron chi connectivity index (χ1n) is 6.13. The van der Waals surface area contributed by atoms with Crippen LogP contribution in [0.4, 0.5) is 5.69 Å². The summed E-state index contributed by atoms with van der Waals surface area (Å²) in [6, 6.07) is 2.37. The first-order chi connectivity index (χ1) is 9.16. The van der Waals surface area contributed by atoms with Crippen LogP contribution in [0.2, 0.25) is 0 Å². The van der Waals surface area contributed by atoms with Crippen molar-refractivity contribution < 1.29 is 19.0 Å². The van der Waals surface area contributed by atoms with Gasteiger partial charge in [-0.05, 0) is 27.7 Å². The van der Waals surface area contributed by atoms with Gasteiger partial charge in [0.05, 0.1) is 21.7 Å². The molecule has 1 aromatic heterocycles. The lowest BCUT2D eigenvalue weighted by Crippen LogP contribution is -2.41. The van der Waals surface area contributed by atoms with Gasteiger partial charge in [-0.3, -0.25) is 19.9 Å². The minimum atomic E-state index is -0.835. The average Bonchev–Trinajstić information content (AvgIpc) is 2.58. The molecule has 20 heavy (non-hydrogen) atoms. The number of rotatable bonds is 3. The van der Waals surface area contributed by atoms with Gasteiger partial charge >= 0.3 is 7.12 Å². The number of nitro groups is 1. The van der Waals surface area contributed by atoms with E-state index in [4.69, 9.17) is 9.31 Å². The molecule has 1 aliphatic heterocycles. The summed E-state index contributed by atoms with van der Waals surface area (Å²) in [6.07, 6.45) is 0.460. The topological polar surface area (TPSA) is 91.6 Å². The van der Waals surface area contributed by atoms with Crippen molar-refractivity contribution >= 4 is 24.7 Å². The third-order valence-corrected chi connectivity index (χ3v) is 3.68. The highest BCUT2D eigenvalue weighted by Gasteiger charge is 2.52. The Balaban J connectivity index is 2.42. The lowest BCUT2D eigenvalue weighted by molar-refractivity contribution is -0.384. The van der Waals surface area contributed by atoms with Crippen LogP contribution in [0.15, 0.2) is 12.1 Å². The number of hydrogen-bond donors (Lipinski definition) is 0. The number of carbonyl (C=O) groups excluding carboxylic acids is 1. The third kappa shape index (κ3) is 2.44. The number of hydrogen-bond acceptors (Lipinski definition) is 6. The van der Waals surface area contributed by atoms with Crippen molar-refractivity contribution in [1.82, 2.24) is 4.98 Å². The van der Waals surface area contributed by atoms with E-state index in [1.165, 1.54) is 6.07 Å². The fourth-order valence-electron chi connectivity index (χ4n) is 1.81. The quantitative estimate of drug-likeness (QED) is 0.356. The molecule has 0 aliphatic carbocycles. The van der Waals surface area contributed by atoms with Crippen molar-refractivity contribution in [2.24, 2.45) is 0 Å². The molecule has 8 heteroatoms. The maximum Gasteiger partial charge on any atom is 0.514 e. The van der Waals surface area contributed by atoms with Crippen LogP contribution in [0.3, 0.4) is 0 Å². The smallest absolute Gasteiger partial charge is 0.398 e. The molecule has 0 bridgehead atoms. The van der Waals surface area contributed by atoms with Crippen LogP contribution in [-0.4, -0.2) is 34.5 Å². The van der Waals surface area contributed by atoms with Crippen molar-refractivity contribution in [3.8, 4) is 0 Å². The van der Waals surface area contributed by atoms with Crippen molar-refractivity contribution in [2.75, 3.05) is 0 Å². The van der Waals surface area contributed by atoms with Gasteiger partial charge in [0.1, 0.15) is 5.69 Å². The highest BCUT2D eigenvalue weighted by molar-refractivity contribution is 6.61. The van der Waals surface area contributed by atoms with Gasteiger partial charge in [0.25, 0.3) is 5.69 Å². The largest absolute Gasteiger partial charge is 0.514 e. The standard InChI is InChI=1S/C12H15BN2O5/c1-11(2)12(3,4)20-13(19-11)10-6-9(15(17)18)5-8(7-16)14-10/h5-7H,1-4H3. The van der Waals surface area contributed by atoms with E-state index in [2.05, 4.69) is 4.98 Å². The van der Waals surface area contributed by atoms with Crippen LogP contribution >= 0.6 is 0 Å². The van der Waals surface area contributed by atoms with Crippen LogP contribution in [0.1, 0.15) is 38.2 Å². The second-order valence-corrected chi connectivity index (χ2v) is 5.64. The Morgan fingerprint density at radius 3 is 2.25 bits per heavy atom. The molecule has 2 heterocycles. The van der Waals surface area contributed by atoms with E-state index in [-0.39, 0.29) is 17.0 Å². The monoisotopic (exact) mass is 278 g/mol. The number of aldehydes is 1. The zero-order valence-corrected chi connectivity index (χ0v) is 11.7. The normalized spacial score (nSPS) is 19.9. The molecule has 0 N–H and O–H groups in total. The first-order valence-corrected chi connectivity index (χ1v) is 6.13. The van der Waals surface area contributed by atoms with Crippen LogP contribution in [0.5, 0.6) is 0 Å². The van der Waals surface area contributed by atoms with Crippen molar-refractivity contribution in [1.29, 1.82) is 0 Å². The number of aromatic nitrogens is 1. The summed E-state index contributed by atoms with van der Waals surface area (Å²) < 4.78 is 11.5. The van der Waals surface area contributed by atoms with Gasteiger partial charge in [0.2, 0.25) is 0 Å². The molecule has 1 fully saturated rings. The maximum atomic E-state index is 10.9. The number of nitrogens with zero attached hydrogens (tertiary/aromatic N) is 2. The second-order valence-electron chi connectivity index (χ2n) is 5.64. The molecule has 106 valence electrons. The molecular formula is C12H15BN2O5. The average molecular weight is 278 g/mol. The molecule has 7 nitrogen and oxygen atoms in total. The van der Waals surface area contributed by atoms with Gasteiger partial charge in [0.15, 0.2) is 6.29 Å². The molecular weight excluding hydrogens is 263 g/mol. The van der Waals surface area contributed by atoms with Crippen LogP contribution in [-0.2, 0) is 9.31 Å². The van der Waals surface area contributed by atoms with E-state index >= 15 is 0 Å². The number of pyridine rings is 1. The highest BCUT2D eigenvalue weighted by Crippen LogP contribution is 2.36. The van der Waals surface area contributed by atoms with Gasteiger partial charge in [0, 0.05) is 12.1 Å². The summed E-state index contributed by atoms with van der Waals surface area (Å²) in [6.45, 7) is 7.46. The minimum absolute atomic E-state index is 0.0242. The summed E-state index contributed by atoms with van der Waals surface area (Å²) in [7, 11) is -0.835. The Bertz CT molecular complexity index is 557. The van der Waals surface area contributed by atoms with E-state index in [1.54, 1.807) is 0 Å². The summed E-state index contributed by atoms with van der Waals surface area (Å²) >= 11 is 0. The minimum Gasteiger partial charge on any atom is -0.398 e. The predicted molar refractivity (Wildman–Crippen MR) is 72.0 cm³/mol. The highest BCUT2D eigenvalue weighted by atomic mass is 16.7. The fraction of sp³-hybridized carbons (Fsp3) is 0.500. The molecule has 2 rings (SSSR count). The summed E-state index contributed by atoms with van der Waals surface area (Å²) in [5.74, 6) is 0. The summed E-state index contributed by atoms with van der Waals surface area (Å²) in [5, 5.41) is 10.9. The van der Waals surface area contributed by atoms with E-state index in [9.17, 15) is 14.9 Å². The van der Waals surface area contributed by atoms with E-state index in [1.807, 2.05) is 27.7 Å². The van der Waals surface area contributed by atoms with Crippen LogP contribution in [0.25, 0.3) is 0 Å². The number of carbonyl (C=O) groups is 1. The Morgan fingerprint density at radius 2 is 1.80 bits per heavy atom. The van der Waals surface area contributed by atoms with Crippen LogP contribution < -0.4 is 5.59 Å². The molecule has 0 atom stereocenters. The summed E-state index contributed by atoms with van der Waals surface area (Å²) in [5.41, 5.74) is -1.17. The van der Waals surface area contributed by atoms with Gasteiger partial charge in [-0.1, -0.05) is 0 Å².